The van der Waals surface area contributed by atoms with Gasteiger partial charge in [-0.2, -0.15) is 0 Å². The summed E-state index contributed by atoms with van der Waals surface area (Å²) in [4.78, 5) is 24.4. The Morgan fingerprint density at radius 3 is 2.48 bits per heavy atom. The van der Waals surface area contributed by atoms with Gasteiger partial charge in [-0.3, -0.25) is 4.79 Å². The predicted molar refractivity (Wildman–Crippen MR) is 117 cm³/mol. The van der Waals surface area contributed by atoms with Gasteiger partial charge in [-0.05, 0) is 35.6 Å². The number of benzene rings is 2. The molecule has 0 aromatic heterocycles. The minimum absolute atomic E-state index is 0.310. The minimum Gasteiger partial charge on any atom is -0.457 e. The summed E-state index contributed by atoms with van der Waals surface area (Å²) in [7, 11) is 0. The number of terminal acetylenes is 1. The molecular formula is C26H24F2O5. The normalized spacial score (nSPS) is 19.5. The molecule has 0 unspecified atom stereocenters. The van der Waals surface area contributed by atoms with Crippen LogP contribution >= 0.6 is 0 Å². The second-order valence-corrected chi connectivity index (χ2v) is 8.18. The largest absolute Gasteiger partial charge is 0.457 e. The quantitative estimate of drug-likeness (QED) is 0.291. The van der Waals surface area contributed by atoms with Crippen LogP contribution in [0.2, 0.25) is 0 Å². The van der Waals surface area contributed by atoms with Crippen LogP contribution in [0.25, 0.3) is 0 Å². The van der Waals surface area contributed by atoms with Gasteiger partial charge in [-0.15, -0.1) is 6.42 Å². The van der Waals surface area contributed by atoms with Crippen molar-refractivity contribution in [2.24, 2.45) is 17.3 Å². The van der Waals surface area contributed by atoms with Crippen LogP contribution < -0.4 is 4.74 Å². The van der Waals surface area contributed by atoms with Crippen LogP contribution in [0, 0.1) is 29.6 Å². The van der Waals surface area contributed by atoms with Crippen LogP contribution in [0.15, 0.2) is 66.7 Å². The Morgan fingerprint density at radius 2 is 1.82 bits per heavy atom. The van der Waals surface area contributed by atoms with E-state index in [9.17, 15) is 18.4 Å². The Labute approximate surface area is 191 Å². The molecule has 0 saturated heterocycles. The molecule has 0 amide bonds. The zero-order chi connectivity index (χ0) is 24.0. The number of para-hydroxylation sites is 1. The Hall–Kier alpha value is -3.66. The number of carbonyl (C=O) groups excluding carboxylic acids is 2. The van der Waals surface area contributed by atoms with Gasteiger partial charge in [0, 0.05) is 11.6 Å². The first kappa shape index (κ1) is 24.0. The third-order valence-electron chi connectivity index (χ3n) is 5.48. The molecule has 5 nitrogen and oxygen atoms in total. The molecule has 7 heteroatoms. The maximum absolute atomic E-state index is 12.8. The van der Waals surface area contributed by atoms with Crippen LogP contribution in [-0.2, 0) is 19.1 Å². The first-order chi connectivity index (χ1) is 15.7. The second kappa shape index (κ2) is 10.3. The van der Waals surface area contributed by atoms with Crippen molar-refractivity contribution >= 4 is 11.9 Å². The van der Waals surface area contributed by atoms with Crippen molar-refractivity contribution in [1.82, 2.24) is 0 Å². The lowest BCUT2D eigenvalue weighted by Gasteiger charge is -2.15. The predicted octanol–water partition coefficient (Wildman–Crippen LogP) is 5.33. The van der Waals surface area contributed by atoms with Crippen molar-refractivity contribution in [2.75, 3.05) is 6.61 Å². The van der Waals surface area contributed by atoms with E-state index >= 15 is 0 Å². The smallest absolute Gasteiger partial charge is 0.330 e. The van der Waals surface area contributed by atoms with Gasteiger partial charge in [0.25, 0.3) is 6.43 Å². The number of esters is 2. The number of allylic oxidation sites excluding steroid dienone is 1. The summed E-state index contributed by atoms with van der Waals surface area (Å²) in [5, 5.41) is 0. The fraction of sp³-hybridized carbons (Fsp3) is 0.308. The molecule has 0 spiro atoms. The molecule has 2 aromatic rings. The van der Waals surface area contributed by atoms with Crippen molar-refractivity contribution in [1.29, 1.82) is 0 Å². The molecule has 1 aliphatic rings. The second-order valence-electron chi connectivity index (χ2n) is 8.18. The van der Waals surface area contributed by atoms with Crippen LogP contribution in [0.3, 0.4) is 0 Å². The summed E-state index contributed by atoms with van der Waals surface area (Å²) in [6, 6.07) is 16.2. The first-order valence-electron chi connectivity index (χ1n) is 10.3. The third kappa shape index (κ3) is 6.19. The fourth-order valence-electron chi connectivity index (χ4n) is 3.62. The highest BCUT2D eigenvalue weighted by Crippen LogP contribution is 2.59. The number of alkyl halides is 2. The molecule has 0 heterocycles. The van der Waals surface area contributed by atoms with Crippen LogP contribution in [0.4, 0.5) is 8.78 Å². The van der Waals surface area contributed by atoms with E-state index in [2.05, 4.69) is 10.7 Å². The summed E-state index contributed by atoms with van der Waals surface area (Å²) in [5.41, 5.74) is 0.106. The van der Waals surface area contributed by atoms with Crippen LogP contribution in [0.1, 0.15) is 25.5 Å². The lowest BCUT2D eigenvalue weighted by Crippen LogP contribution is -2.14. The van der Waals surface area contributed by atoms with Gasteiger partial charge in [-0.1, -0.05) is 56.2 Å². The minimum atomic E-state index is -2.74. The van der Waals surface area contributed by atoms with Crippen molar-refractivity contribution in [3.05, 3.63) is 72.3 Å². The average Bonchev–Trinajstić information content (AvgIpc) is 3.35. The van der Waals surface area contributed by atoms with Gasteiger partial charge in [0.05, 0.1) is 5.92 Å². The average molecular weight is 454 g/mol. The number of hydrogen-bond acceptors (Lipinski definition) is 5. The van der Waals surface area contributed by atoms with E-state index in [1.54, 1.807) is 24.3 Å². The zero-order valence-corrected chi connectivity index (χ0v) is 18.2. The highest BCUT2D eigenvalue weighted by atomic mass is 19.3. The zero-order valence-electron chi connectivity index (χ0n) is 18.2. The van der Waals surface area contributed by atoms with Crippen molar-refractivity contribution in [3.63, 3.8) is 0 Å². The Kier molecular flexibility index (Phi) is 7.49. The maximum atomic E-state index is 12.8. The molecule has 33 heavy (non-hydrogen) atoms. The molecule has 3 rings (SSSR count). The van der Waals surface area contributed by atoms with Crippen molar-refractivity contribution in [2.45, 2.75) is 26.4 Å². The molecule has 0 N–H and O–H groups in total. The van der Waals surface area contributed by atoms with E-state index < -0.39 is 42.4 Å². The summed E-state index contributed by atoms with van der Waals surface area (Å²) < 4.78 is 40.1. The Bertz CT molecular complexity index is 1060. The molecule has 1 fully saturated rings. The summed E-state index contributed by atoms with van der Waals surface area (Å²) in [6.45, 7) is 2.72. The monoisotopic (exact) mass is 454 g/mol. The third-order valence-corrected chi connectivity index (χ3v) is 5.48. The highest BCUT2D eigenvalue weighted by molar-refractivity contribution is 5.83. The molecule has 1 saturated carbocycles. The highest BCUT2D eigenvalue weighted by Gasteiger charge is 2.61. The van der Waals surface area contributed by atoms with E-state index in [1.165, 1.54) is 6.08 Å². The van der Waals surface area contributed by atoms with Gasteiger partial charge in [0.1, 0.15) is 11.5 Å². The van der Waals surface area contributed by atoms with E-state index in [0.717, 1.165) is 6.08 Å². The molecule has 172 valence electrons. The van der Waals surface area contributed by atoms with Crippen LogP contribution in [-0.4, -0.2) is 25.0 Å². The topological polar surface area (TPSA) is 61.8 Å². The SMILES string of the molecule is C#C[C@@H](OC(=O)[C@@H]1[C@H](/C=C\C(=O)OCC(F)F)C1(C)C)c1cccc(Oc2ccccc2)c1. The molecule has 0 radical (unpaired) electrons. The van der Waals surface area contributed by atoms with Crippen molar-refractivity contribution in [3.8, 4) is 23.8 Å². The van der Waals surface area contributed by atoms with E-state index in [-0.39, 0.29) is 5.92 Å². The number of hydrogen-bond donors (Lipinski definition) is 0. The van der Waals surface area contributed by atoms with Crippen LogP contribution in [0.5, 0.6) is 11.5 Å². The summed E-state index contributed by atoms with van der Waals surface area (Å²) in [6.07, 6.45) is 4.52. The molecule has 0 bridgehead atoms. The van der Waals surface area contributed by atoms with Crippen molar-refractivity contribution < 1.29 is 32.6 Å². The fourth-order valence-corrected chi connectivity index (χ4v) is 3.62. The van der Waals surface area contributed by atoms with Gasteiger partial charge in [-0.25, -0.2) is 13.6 Å². The summed E-state index contributed by atoms with van der Waals surface area (Å²) in [5.74, 6) is 1.45. The van der Waals surface area contributed by atoms with E-state index in [0.29, 0.717) is 17.1 Å². The molecule has 2 aromatic carbocycles. The maximum Gasteiger partial charge on any atom is 0.330 e. The number of carbonyl (C=O) groups is 2. The number of rotatable bonds is 9. The van der Waals surface area contributed by atoms with Gasteiger partial charge in [0.2, 0.25) is 0 Å². The van der Waals surface area contributed by atoms with E-state index in [4.69, 9.17) is 15.9 Å². The van der Waals surface area contributed by atoms with E-state index in [1.807, 2.05) is 44.2 Å². The first-order valence-corrected chi connectivity index (χ1v) is 10.3. The lowest BCUT2D eigenvalue weighted by molar-refractivity contribution is -0.149. The lowest BCUT2D eigenvalue weighted by atomic mass is 10.1. The molecule has 1 aliphatic carbocycles. The molecular weight excluding hydrogens is 430 g/mol. The molecule has 3 atom stereocenters. The number of ether oxygens (including phenoxy) is 3. The van der Waals surface area contributed by atoms with Gasteiger partial charge < -0.3 is 14.2 Å². The Balaban J connectivity index is 1.63. The summed E-state index contributed by atoms with van der Waals surface area (Å²) >= 11 is 0. The number of halogens is 2. The Morgan fingerprint density at radius 1 is 1.12 bits per heavy atom. The van der Waals surface area contributed by atoms with Gasteiger partial charge >= 0.3 is 11.9 Å². The molecule has 0 aliphatic heterocycles. The standard InChI is InChI=1S/C26H24F2O5/c1-4-21(17-9-8-12-19(15-17)32-18-10-6-5-7-11-18)33-25(30)24-20(26(24,2)3)13-14-23(29)31-16-22(27)28/h1,5-15,20-22,24H,16H2,2-3H3/b14-13-/t20-,21+,24-/m0/s1. The van der Waals surface area contributed by atoms with Gasteiger partial charge in [0.15, 0.2) is 12.7 Å².